The zero-order chi connectivity index (χ0) is 8.10. The lowest BCUT2D eigenvalue weighted by atomic mass is 9.88. The molecule has 4 heteroatoms. The van der Waals surface area contributed by atoms with E-state index in [1.807, 2.05) is 6.07 Å². The number of benzene rings is 1. The molecule has 1 rings (SSSR count). The molecule has 1 aromatic rings. The molecule has 1 radical (unpaired) electrons. The molecule has 1 N–H and O–H groups in total. The van der Waals surface area contributed by atoms with Crippen molar-refractivity contribution in [2.45, 2.75) is 0 Å². The summed E-state index contributed by atoms with van der Waals surface area (Å²) in [6, 6.07) is 8.62. The normalized spacial score (nSPS) is 8.73. The first kappa shape index (κ1) is 7.80. The van der Waals surface area contributed by atoms with Gasteiger partial charge in [0.1, 0.15) is 0 Å². The molecule has 0 aliphatic rings. The first-order valence-corrected chi connectivity index (χ1v) is 3.00. The topological polar surface area (TPSA) is 53.2 Å². The van der Waals surface area contributed by atoms with Gasteiger partial charge in [-0.2, -0.15) is 5.26 Å². The second kappa shape index (κ2) is 3.76. The molecule has 0 unspecified atom stereocenters. The van der Waals surface area contributed by atoms with E-state index in [2.05, 4.69) is 4.81 Å². The highest BCUT2D eigenvalue weighted by molar-refractivity contribution is 6.46. The predicted octanol–water partition coefficient (Wildman–Crippen LogP) is 0.292. The van der Waals surface area contributed by atoms with Crippen LogP contribution in [-0.2, 0) is 4.81 Å². The van der Waals surface area contributed by atoms with Crippen LogP contribution in [0.1, 0.15) is 5.56 Å². The van der Waals surface area contributed by atoms with Crippen LogP contribution < -0.4 is 5.46 Å². The third-order valence-electron chi connectivity index (χ3n) is 1.23. The van der Waals surface area contributed by atoms with Gasteiger partial charge in [0.2, 0.25) is 0 Å². The first-order valence-electron chi connectivity index (χ1n) is 3.00. The van der Waals surface area contributed by atoms with Gasteiger partial charge < -0.3 is 4.81 Å². The Labute approximate surface area is 65.0 Å². The van der Waals surface area contributed by atoms with Crippen molar-refractivity contribution in [1.82, 2.24) is 0 Å². The van der Waals surface area contributed by atoms with Crippen molar-refractivity contribution in [2.75, 3.05) is 0 Å². The minimum atomic E-state index is 0.583. The number of hydrogen-bond acceptors (Lipinski definition) is 3. The highest BCUT2D eigenvalue weighted by atomic mass is 17.1. The van der Waals surface area contributed by atoms with E-state index in [9.17, 15) is 0 Å². The van der Waals surface area contributed by atoms with Gasteiger partial charge in [-0.15, -0.1) is 0 Å². The van der Waals surface area contributed by atoms with Crippen LogP contribution in [0.25, 0.3) is 0 Å². The van der Waals surface area contributed by atoms with Gasteiger partial charge in [-0.1, -0.05) is 12.1 Å². The lowest BCUT2D eigenvalue weighted by molar-refractivity contribution is -0.135. The molecule has 0 aliphatic carbocycles. The fourth-order valence-electron chi connectivity index (χ4n) is 0.697. The molecule has 0 saturated carbocycles. The maximum atomic E-state index is 8.42. The van der Waals surface area contributed by atoms with Gasteiger partial charge in [-0.05, 0) is 17.6 Å². The third kappa shape index (κ3) is 2.08. The van der Waals surface area contributed by atoms with Crippen molar-refractivity contribution in [1.29, 1.82) is 5.26 Å². The average molecular weight is 146 g/mol. The zero-order valence-corrected chi connectivity index (χ0v) is 5.69. The Morgan fingerprint density at radius 1 is 1.36 bits per heavy atom. The molecule has 0 aliphatic heterocycles. The number of nitriles is 1. The summed E-state index contributed by atoms with van der Waals surface area (Å²) in [5, 5.41) is 16.4. The molecule has 0 atom stereocenters. The van der Waals surface area contributed by atoms with E-state index in [1.165, 1.54) is 7.48 Å². The molecule has 0 aromatic heterocycles. The predicted molar refractivity (Wildman–Crippen MR) is 40.3 cm³/mol. The number of nitrogens with zero attached hydrogens (tertiary/aromatic N) is 1. The van der Waals surface area contributed by atoms with Gasteiger partial charge in [0.25, 0.3) is 0 Å². The maximum Gasteiger partial charge on any atom is 0.381 e. The summed E-state index contributed by atoms with van der Waals surface area (Å²) in [6.45, 7) is 0. The van der Waals surface area contributed by atoms with E-state index in [-0.39, 0.29) is 0 Å². The molecule has 0 fully saturated rings. The summed E-state index contributed by atoms with van der Waals surface area (Å²) in [6.07, 6.45) is 0. The molecule has 0 bridgehead atoms. The van der Waals surface area contributed by atoms with Crippen LogP contribution in [0.5, 0.6) is 0 Å². The van der Waals surface area contributed by atoms with Crippen LogP contribution in [0, 0.1) is 11.3 Å². The van der Waals surface area contributed by atoms with Gasteiger partial charge in [-0.3, -0.25) is 5.26 Å². The van der Waals surface area contributed by atoms with Gasteiger partial charge in [-0.25, -0.2) is 0 Å². The summed E-state index contributed by atoms with van der Waals surface area (Å²) in [5.74, 6) is 0. The van der Waals surface area contributed by atoms with Crippen LogP contribution in [-0.4, -0.2) is 12.7 Å². The highest BCUT2D eigenvalue weighted by Gasteiger charge is 1.95. The molecular weight excluding hydrogens is 141 g/mol. The van der Waals surface area contributed by atoms with Gasteiger partial charge in [0.05, 0.1) is 11.6 Å². The van der Waals surface area contributed by atoms with E-state index in [1.54, 1.807) is 24.3 Å². The van der Waals surface area contributed by atoms with Crippen molar-refractivity contribution in [2.24, 2.45) is 0 Å². The summed E-state index contributed by atoms with van der Waals surface area (Å²) < 4.78 is 0. The van der Waals surface area contributed by atoms with E-state index < -0.39 is 0 Å². The van der Waals surface area contributed by atoms with Crippen LogP contribution in [0.15, 0.2) is 24.3 Å². The van der Waals surface area contributed by atoms with Crippen molar-refractivity contribution in [3.05, 3.63) is 29.8 Å². The largest absolute Gasteiger partial charge is 0.381 e. The van der Waals surface area contributed by atoms with Crippen LogP contribution >= 0.6 is 0 Å². The molecule has 0 heterocycles. The van der Waals surface area contributed by atoms with Gasteiger partial charge >= 0.3 is 7.48 Å². The van der Waals surface area contributed by atoms with Crippen LogP contribution in [0.3, 0.4) is 0 Å². The quantitative estimate of drug-likeness (QED) is 0.370. The van der Waals surface area contributed by atoms with Gasteiger partial charge in [0, 0.05) is 0 Å². The molecule has 0 amide bonds. The Morgan fingerprint density at radius 2 is 2.00 bits per heavy atom. The van der Waals surface area contributed by atoms with E-state index in [0.717, 1.165) is 0 Å². The second-order valence-electron chi connectivity index (χ2n) is 1.96. The molecule has 11 heavy (non-hydrogen) atoms. The third-order valence-corrected chi connectivity index (χ3v) is 1.23. The monoisotopic (exact) mass is 146 g/mol. The fraction of sp³-hybridized carbons (Fsp3) is 0. The Hall–Kier alpha value is -1.31. The number of rotatable bonds is 2. The Kier molecular flexibility index (Phi) is 2.67. The summed E-state index contributed by atoms with van der Waals surface area (Å²) >= 11 is 0. The summed E-state index contributed by atoms with van der Waals surface area (Å²) in [7, 11) is 1.18. The minimum Gasteiger partial charge on any atom is -0.307 e. The van der Waals surface area contributed by atoms with Gasteiger partial charge in [0.15, 0.2) is 0 Å². The van der Waals surface area contributed by atoms with E-state index >= 15 is 0 Å². The Morgan fingerprint density at radius 3 is 2.45 bits per heavy atom. The van der Waals surface area contributed by atoms with E-state index in [0.29, 0.717) is 11.0 Å². The van der Waals surface area contributed by atoms with Crippen molar-refractivity contribution >= 4 is 12.9 Å². The molecule has 0 saturated heterocycles. The second-order valence-corrected chi connectivity index (χ2v) is 1.96. The van der Waals surface area contributed by atoms with Crippen molar-refractivity contribution in [3.63, 3.8) is 0 Å². The summed E-state index contributed by atoms with van der Waals surface area (Å²) in [5.41, 5.74) is 1.30. The number of hydrogen-bond donors (Lipinski definition) is 1. The average Bonchev–Trinajstić information content (AvgIpc) is 2.07. The SMILES string of the molecule is N#Cc1ccc([B]OO)cc1. The van der Waals surface area contributed by atoms with Crippen LogP contribution in [0.4, 0.5) is 0 Å². The van der Waals surface area contributed by atoms with Crippen molar-refractivity contribution in [3.8, 4) is 6.07 Å². The maximum absolute atomic E-state index is 8.42. The minimum absolute atomic E-state index is 0.583. The van der Waals surface area contributed by atoms with Crippen molar-refractivity contribution < 1.29 is 10.1 Å². The molecule has 3 nitrogen and oxygen atoms in total. The zero-order valence-electron chi connectivity index (χ0n) is 5.69. The molecule has 0 spiro atoms. The Bertz CT molecular complexity index is 265. The highest BCUT2D eigenvalue weighted by Crippen LogP contribution is 1.92. The lowest BCUT2D eigenvalue weighted by Gasteiger charge is -1.93. The van der Waals surface area contributed by atoms with Crippen LogP contribution in [0.2, 0.25) is 0 Å². The first-order chi connectivity index (χ1) is 5.36. The Balaban J connectivity index is 2.76. The lowest BCUT2D eigenvalue weighted by Crippen LogP contribution is -2.15. The summed E-state index contributed by atoms with van der Waals surface area (Å²) in [4.78, 5) is 3.79. The molecule has 53 valence electrons. The fourth-order valence-corrected chi connectivity index (χ4v) is 0.697. The molecule has 1 aromatic carbocycles. The standard InChI is InChI=1S/C7H5BNO2/c9-5-6-1-3-7(4-2-6)8-11-10/h1-4,10H. The molecular formula is C7H5BNO2. The smallest absolute Gasteiger partial charge is 0.307 e. The van der Waals surface area contributed by atoms with E-state index in [4.69, 9.17) is 10.5 Å².